The molecule has 24 aromatic rings. The zero-order valence-corrected chi connectivity index (χ0v) is 80.9. The Morgan fingerprint density at radius 2 is 0.561 bits per heavy atom. The van der Waals surface area contributed by atoms with Gasteiger partial charge >= 0.3 is 0 Å². The van der Waals surface area contributed by atoms with Gasteiger partial charge in [-0.05, 0) is 169 Å². The number of hydrogen-bond donors (Lipinski definition) is 0. The summed E-state index contributed by atoms with van der Waals surface area (Å²) in [7, 11) is 0. The number of pyridine rings is 12. The summed E-state index contributed by atoms with van der Waals surface area (Å²) in [6, 6.07) is 129. The van der Waals surface area contributed by atoms with Gasteiger partial charge in [-0.1, -0.05) is 140 Å². The first kappa shape index (κ1) is 95.0. The second kappa shape index (κ2) is 47.1. The van der Waals surface area contributed by atoms with Crippen molar-refractivity contribution in [1.29, 1.82) is 0 Å². The molecule has 0 aliphatic heterocycles. The van der Waals surface area contributed by atoms with Gasteiger partial charge in [-0.3, -0.25) is 0 Å². The molecule has 16 nitrogen and oxygen atoms in total. The van der Waals surface area contributed by atoms with Gasteiger partial charge in [0.2, 0.25) is 22.9 Å². The number of hydrogen-bond acceptors (Lipinski definition) is 16. The topological polar surface area (TPSA) is 207 Å². The molecule has 0 bridgehead atoms. The SMILES string of the molecule is Cc1ccc2c(n1)oc1c(-c3ccccn3)[c-]ccc12.Cc1cccnc1-c1[c-]ccc2c1oc1ncccc12.Cc1ccnc2oc3c(-c4ccccn4)[c-]ccc3c12.Cc1cnc2oc3c(-c4ccccn4)[c-]ccc3c2c1.[Ir].[Ir].[Ir].[Ir].[c-]1ccccc1-c1ccccn1.[c-]1ccccc1-c1ccccn1.[c-]1ccccc1-c1ccccn1.[c-]1ccccc1-c1ccccn1. The third-order valence-electron chi connectivity index (χ3n) is 20.2. The Kier molecular flexibility index (Phi) is 33.9. The van der Waals surface area contributed by atoms with Gasteiger partial charge in [0.1, 0.15) is 0 Å². The molecule has 0 amide bonds. The molecule has 0 unspecified atom stereocenters. The molecular weight excluding hydrogens is 2350 g/mol. The molecule has 0 spiro atoms. The van der Waals surface area contributed by atoms with E-state index in [1.54, 1.807) is 62.0 Å². The number of rotatable bonds is 8. The molecule has 0 aliphatic rings. The Bertz CT molecular complexity index is 7220. The van der Waals surface area contributed by atoms with E-state index in [1.807, 2.05) is 342 Å². The number of fused-ring (bicyclic) bond motifs is 12. The molecule has 4 radical (unpaired) electrons. The number of aryl methyl sites for hydroxylation is 4. The van der Waals surface area contributed by atoms with Crippen LogP contribution in [0, 0.1) is 76.2 Å². The van der Waals surface area contributed by atoms with Gasteiger partial charge in [0, 0.05) is 176 Å². The normalized spacial score (nSPS) is 10.3. The fourth-order valence-electron chi connectivity index (χ4n) is 14.2. The van der Waals surface area contributed by atoms with Gasteiger partial charge in [-0.25, -0.2) is 19.9 Å². The van der Waals surface area contributed by atoms with Crippen molar-refractivity contribution in [1.82, 2.24) is 59.8 Å². The van der Waals surface area contributed by atoms with E-state index < -0.39 is 0 Å². The fourth-order valence-corrected chi connectivity index (χ4v) is 14.2. The molecule has 0 fully saturated rings. The maximum absolute atomic E-state index is 5.94. The summed E-state index contributed by atoms with van der Waals surface area (Å²) in [5.74, 6) is 0. The maximum atomic E-state index is 5.94. The van der Waals surface area contributed by atoms with Crippen LogP contribution in [0.5, 0.6) is 0 Å². The minimum absolute atomic E-state index is 0. The molecule has 0 N–H and O–H groups in total. The van der Waals surface area contributed by atoms with E-state index >= 15 is 0 Å². The van der Waals surface area contributed by atoms with Gasteiger partial charge in [-0.2, -0.15) is 0 Å². The minimum Gasteiger partial charge on any atom is -0.486 e. The zero-order chi connectivity index (χ0) is 87.0. The molecule has 16 aromatic heterocycles. The Labute approximate surface area is 817 Å². The second-order valence-electron chi connectivity index (χ2n) is 28.9. The monoisotopic (exact) mass is 2420 g/mol. The predicted molar refractivity (Wildman–Crippen MR) is 507 cm³/mol. The molecule has 0 aliphatic carbocycles. The second-order valence-corrected chi connectivity index (χ2v) is 28.9. The van der Waals surface area contributed by atoms with Crippen molar-refractivity contribution in [2.45, 2.75) is 27.7 Å². The molecule has 0 atom stereocenters. The largest absolute Gasteiger partial charge is 0.486 e. The Morgan fingerprint density at radius 3 is 0.977 bits per heavy atom. The molecule has 8 aromatic carbocycles. The average Bonchev–Trinajstić information content (AvgIpc) is 1.62. The summed E-state index contributed by atoms with van der Waals surface area (Å²) >= 11 is 0. The van der Waals surface area contributed by atoms with Crippen LogP contribution in [0.25, 0.3) is 178 Å². The summed E-state index contributed by atoms with van der Waals surface area (Å²) in [5, 5.41) is 8.35. The summed E-state index contributed by atoms with van der Waals surface area (Å²) in [6.07, 6.45) is 19.6. The molecule has 0 saturated carbocycles. The predicted octanol–water partition coefficient (Wildman–Crippen LogP) is 26.8. The van der Waals surface area contributed by atoms with Crippen LogP contribution in [0.3, 0.4) is 0 Å². The Hall–Kier alpha value is -14.6. The minimum atomic E-state index is 0. The van der Waals surface area contributed by atoms with Gasteiger partial charge in [0.05, 0.1) is 22.3 Å². The first-order valence-corrected chi connectivity index (χ1v) is 41.2. The van der Waals surface area contributed by atoms with Crippen molar-refractivity contribution >= 4 is 88.3 Å². The van der Waals surface area contributed by atoms with Crippen molar-refractivity contribution in [3.05, 3.63) is 461 Å². The number of nitrogens with zero attached hydrogens (tertiary/aromatic N) is 12. The summed E-state index contributed by atoms with van der Waals surface area (Å²) in [4.78, 5) is 51.8. The van der Waals surface area contributed by atoms with Crippen LogP contribution in [0.2, 0.25) is 0 Å². The number of aromatic nitrogens is 12. The number of furan rings is 4. The van der Waals surface area contributed by atoms with Crippen LogP contribution in [0.15, 0.2) is 407 Å². The summed E-state index contributed by atoms with van der Waals surface area (Å²) < 4.78 is 23.7. The van der Waals surface area contributed by atoms with Crippen molar-refractivity contribution in [2.24, 2.45) is 0 Å². The van der Waals surface area contributed by atoms with E-state index in [0.717, 1.165) is 178 Å². The van der Waals surface area contributed by atoms with E-state index in [0.29, 0.717) is 22.9 Å². The molecule has 0 saturated heterocycles. The molecular formula is C112H76Ir4N12O4-8. The van der Waals surface area contributed by atoms with Crippen molar-refractivity contribution in [3.8, 4) is 90.1 Å². The van der Waals surface area contributed by atoms with Gasteiger partial charge in [-0.15, -0.1) is 216 Å². The smallest absolute Gasteiger partial charge is 0.216 e. The van der Waals surface area contributed by atoms with Crippen molar-refractivity contribution in [3.63, 3.8) is 0 Å². The average molecular weight is 2420 g/mol. The standard InChI is InChI=1S/4C17H11N2O.4C11H8N.4Ir/c1-11-5-3-9-18-15(11)14-7-2-6-12-13-8-4-10-19-17(13)20-16(12)14;1-11-8-9-13-12-5-4-6-14(15-7-2-3-10-18-15)16(12)20-17(13)19-11;1-11-8-10-19-17-15(11)13-6-4-5-12(16(13)20-17)14-7-2-3-9-18-14;1-11-9-14-12-5-4-6-13(15-7-2-3-8-18-15)16(12)20-17(14)19-10-11;4*1-2-6-10(7-3-1)11-8-4-5-9-12-11;;;;/h2-6,8-10H,1H3;2-5,7-10H,1H3;2-4,6-10H,1H3;2-5,7-10H,1H3;4*1-6,8-9H;;;;/q8*-1;;;;. The third kappa shape index (κ3) is 23.1. The van der Waals surface area contributed by atoms with Gasteiger partial charge in [0.15, 0.2) is 0 Å². The molecule has 132 heavy (non-hydrogen) atoms. The van der Waals surface area contributed by atoms with E-state index in [9.17, 15) is 0 Å². The molecule has 652 valence electrons. The first-order chi connectivity index (χ1) is 63.2. The first-order valence-electron chi connectivity index (χ1n) is 41.2. The van der Waals surface area contributed by atoms with Crippen LogP contribution >= 0.6 is 0 Å². The quantitative estimate of drug-likeness (QED) is 0.130. The van der Waals surface area contributed by atoms with Crippen LogP contribution in [0.1, 0.15) is 22.4 Å². The van der Waals surface area contributed by atoms with E-state index in [1.165, 1.54) is 0 Å². The van der Waals surface area contributed by atoms with E-state index in [-0.39, 0.29) is 80.4 Å². The van der Waals surface area contributed by atoms with Gasteiger partial charge in [0.25, 0.3) is 0 Å². The Morgan fingerprint density at radius 1 is 0.220 bits per heavy atom. The molecule has 24 rings (SSSR count). The third-order valence-corrected chi connectivity index (χ3v) is 20.2. The van der Waals surface area contributed by atoms with Crippen LogP contribution in [-0.4, -0.2) is 59.8 Å². The fraction of sp³-hybridized carbons (Fsp3) is 0.0357. The van der Waals surface area contributed by atoms with Crippen molar-refractivity contribution < 1.29 is 98.1 Å². The van der Waals surface area contributed by atoms with Crippen molar-refractivity contribution in [2.75, 3.05) is 0 Å². The van der Waals surface area contributed by atoms with E-state index in [4.69, 9.17) is 17.7 Å². The Balaban J connectivity index is 0.000000129. The summed E-state index contributed by atoms with van der Waals surface area (Å²) in [5.41, 5.74) is 25.1. The number of benzene rings is 8. The van der Waals surface area contributed by atoms with E-state index in [2.05, 4.69) is 121 Å². The van der Waals surface area contributed by atoms with Crippen LogP contribution in [-0.2, 0) is 80.4 Å². The van der Waals surface area contributed by atoms with Gasteiger partial charge < -0.3 is 57.5 Å². The summed E-state index contributed by atoms with van der Waals surface area (Å²) in [6.45, 7) is 8.09. The maximum Gasteiger partial charge on any atom is 0.216 e. The molecule has 16 heterocycles. The van der Waals surface area contributed by atoms with Crippen LogP contribution in [0.4, 0.5) is 0 Å². The molecule has 20 heteroatoms. The van der Waals surface area contributed by atoms with Crippen LogP contribution < -0.4 is 0 Å². The zero-order valence-electron chi connectivity index (χ0n) is 71.3.